The normalized spacial score (nSPS) is 11.6. The van der Waals surface area contributed by atoms with E-state index in [4.69, 9.17) is 10.2 Å². The van der Waals surface area contributed by atoms with Gasteiger partial charge < -0.3 is 10.2 Å². The summed E-state index contributed by atoms with van der Waals surface area (Å²) in [5.74, 6) is 0.283. The first-order valence-electron chi connectivity index (χ1n) is 6.61. The van der Waals surface area contributed by atoms with Crippen molar-refractivity contribution in [2.45, 2.75) is 38.5 Å². The highest BCUT2D eigenvalue weighted by Crippen LogP contribution is 2.26. The van der Waals surface area contributed by atoms with Crippen molar-refractivity contribution in [1.29, 1.82) is 0 Å². The summed E-state index contributed by atoms with van der Waals surface area (Å²) < 4.78 is 32.4. The molecule has 21 heavy (non-hydrogen) atoms. The number of hydrogen-bond donors (Lipinski definition) is 2. The van der Waals surface area contributed by atoms with Crippen molar-refractivity contribution in [3.63, 3.8) is 0 Å². The van der Waals surface area contributed by atoms with Gasteiger partial charge in [0.15, 0.2) is 0 Å². The molecule has 0 aliphatic carbocycles. The summed E-state index contributed by atoms with van der Waals surface area (Å²) in [7, 11) is -3.82. The van der Waals surface area contributed by atoms with Crippen LogP contribution in [0.5, 0.6) is 0 Å². The van der Waals surface area contributed by atoms with E-state index >= 15 is 0 Å². The number of nitrogens with one attached hydrogen (secondary N) is 1. The summed E-state index contributed by atoms with van der Waals surface area (Å²) >= 11 is 0. The van der Waals surface area contributed by atoms with Crippen LogP contribution in [-0.4, -0.2) is 18.6 Å². The number of aryl methyl sites for hydroxylation is 2. The molecule has 0 amide bonds. The van der Waals surface area contributed by atoms with Gasteiger partial charge in [0, 0.05) is 12.6 Å². The number of sulfonamides is 1. The molecule has 0 aliphatic rings. The molecular formula is C13H18N4O3S. The Bertz CT molecular complexity index is 753. The Morgan fingerprint density at radius 1 is 1.24 bits per heavy atom. The third-order valence-electron chi connectivity index (χ3n) is 3.10. The van der Waals surface area contributed by atoms with Crippen LogP contribution in [0.25, 0.3) is 0 Å². The van der Waals surface area contributed by atoms with Gasteiger partial charge in [-0.05, 0) is 36.1 Å². The number of benzene rings is 1. The second kappa shape index (κ2) is 5.72. The zero-order valence-electron chi connectivity index (χ0n) is 12.2. The van der Waals surface area contributed by atoms with E-state index in [0.29, 0.717) is 24.1 Å². The van der Waals surface area contributed by atoms with Gasteiger partial charge in [0.2, 0.25) is 5.89 Å². The van der Waals surface area contributed by atoms with Crippen LogP contribution in [0.4, 0.5) is 11.7 Å². The Hall–Kier alpha value is -2.09. The average molecular weight is 310 g/mol. The molecule has 2 aromatic rings. The first-order valence-corrected chi connectivity index (χ1v) is 8.09. The number of nitrogens with two attached hydrogens (primary N) is 1. The summed E-state index contributed by atoms with van der Waals surface area (Å²) in [5.41, 5.74) is 7.86. The fourth-order valence-electron chi connectivity index (χ4n) is 2.06. The predicted octanol–water partition coefficient (Wildman–Crippen LogP) is 1.89. The van der Waals surface area contributed by atoms with E-state index in [-0.39, 0.29) is 16.8 Å². The summed E-state index contributed by atoms with van der Waals surface area (Å²) in [5, 5.41) is 7.23. The molecule has 7 nitrogen and oxygen atoms in total. The van der Waals surface area contributed by atoms with Crippen molar-refractivity contribution in [3.05, 3.63) is 29.2 Å². The lowest BCUT2D eigenvalue weighted by molar-refractivity contribution is 0.534. The minimum Gasteiger partial charge on any atom is -0.408 e. The standard InChI is InChI=1S/C13H18N4O3S/c1-4-9-6-11(14)10(5-2)12(7-9)21(18,19)17-13-16-15-8(3)20-13/h6-7H,4-5,14H2,1-3H3,(H,16,17). The van der Waals surface area contributed by atoms with Gasteiger partial charge in [-0.2, -0.15) is 0 Å². The van der Waals surface area contributed by atoms with Crippen LogP contribution >= 0.6 is 0 Å². The molecule has 0 saturated carbocycles. The largest absolute Gasteiger partial charge is 0.408 e. The predicted molar refractivity (Wildman–Crippen MR) is 79.5 cm³/mol. The molecule has 1 aromatic carbocycles. The van der Waals surface area contributed by atoms with Crippen molar-refractivity contribution < 1.29 is 12.8 Å². The van der Waals surface area contributed by atoms with Gasteiger partial charge in [-0.15, -0.1) is 5.10 Å². The van der Waals surface area contributed by atoms with Gasteiger partial charge in [-0.25, -0.2) is 13.1 Å². The Kier molecular flexibility index (Phi) is 4.17. The van der Waals surface area contributed by atoms with E-state index in [1.807, 2.05) is 13.8 Å². The molecule has 2 rings (SSSR count). The minimum atomic E-state index is -3.82. The van der Waals surface area contributed by atoms with Crippen molar-refractivity contribution in [3.8, 4) is 0 Å². The van der Waals surface area contributed by atoms with Crippen LogP contribution in [0.1, 0.15) is 30.9 Å². The molecule has 1 aromatic heterocycles. The van der Waals surface area contributed by atoms with Crippen molar-refractivity contribution in [2.24, 2.45) is 0 Å². The highest BCUT2D eigenvalue weighted by atomic mass is 32.2. The molecule has 0 saturated heterocycles. The Labute approximate surface area is 123 Å². The second-order valence-electron chi connectivity index (χ2n) is 4.60. The van der Waals surface area contributed by atoms with Crippen LogP contribution in [0.3, 0.4) is 0 Å². The van der Waals surface area contributed by atoms with E-state index in [2.05, 4.69) is 14.9 Å². The van der Waals surface area contributed by atoms with Gasteiger partial charge in [0.25, 0.3) is 10.0 Å². The third-order valence-corrected chi connectivity index (χ3v) is 4.49. The Morgan fingerprint density at radius 2 is 1.95 bits per heavy atom. The van der Waals surface area contributed by atoms with Crippen LogP contribution in [0.2, 0.25) is 0 Å². The van der Waals surface area contributed by atoms with Crippen molar-refractivity contribution in [1.82, 2.24) is 10.2 Å². The van der Waals surface area contributed by atoms with E-state index in [9.17, 15) is 8.42 Å². The number of rotatable bonds is 5. The molecule has 114 valence electrons. The van der Waals surface area contributed by atoms with Crippen molar-refractivity contribution in [2.75, 3.05) is 10.5 Å². The Balaban J connectivity index is 2.50. The molecule has 1 heterocycles. The molecule has 0 atom stereocenters. The number of nitrogen functional groups attached to an aromatic ring is 1. The quantitative estimate of drug-likeness (QED) is 0.816. The molecule has 0 unspecified atom stereocenters. The number of nitrogens with zero attached hydrogens (tertiary/aromatic N) is 2. The number of hydrogen-bond acceptors (Lipinski definition) is 6. The average Bonchev–Trinajstić information content (AvgIpc) is 2.82. The molecule has 0 spiro atoms. The van der Waals surface area contributed by atoms with Gasteiger partial charge in [-0.1, -0.05) is 18.9 Å². The van der Waals surface area contributed by atoms with Crippen LogP contribution in [0, 0.1) is 6.92 Å². The topological polar surface area (TPSA) is 111 Å². The highest BCUT2D eigenvalue weighted by molar-refractivity contribution is 7.92. The summed E-state index contributed by atoms with van der Waals surface area (Å²) in [6.45, 7) is 5.37. The first-order chi connectivity index (χ1) is 9.87. The fraction of sp³-hybridized carbons (Fsp3) is 0.385. The second-order valence-corrected chi connectivity index (χ2v) is 6.25. The number of anilines is 2. The summed E-state index contributed by atoms with van der Waals surface area (Å²) in [6, 6.07) is 3.27. The molecular weight excluding hydrogens is 292 g/mol. The molecule has 0 aliphatic heterocycles. The zero-order valence-corrected chi connectivity index (χ0v) is 13.0. The van der Waals surface area contributed by atoms with E-state index in [1.165, 1.54) is 0 Å². The fourth-order valence-corrected chi connectivity index (χ4v) is 3.37. The smallest absolute Gasteiger partial charge is 0.329 e. The maximum Gasteiger partial charge on any atom is 0.329 e. The molecule has 0 bridgehead atoms. The molecule has 8 heteroatoms. The van der Waals surface area contributed by atoms with Crippen LogP contribution < -0.4 is 10.5 Å². The lowest BCUT2D eigenvalue weighted by Gasteiger charge is -2.13. The van der Waals surface area contributed by atoms with E-state index < -0.39 is 10.0 Å². The van der Waals surface area contributed by atoms with Crippen molar-refractivity contribution >= 4 is 21.7 Å². The van der Waals surface area contributed by atoms with Gasteiger partial charge in [0.1, 0.15) is 0 Å². The summed E-state index contributed by atoms with van der Waals surface area (Å²) in [4.78, 5) is 0.151. The molecule has 0 fully saturated rings. The zero-order chi connectivity index (χ0) is 15.6. The van der Waals surface area contributed by atoms with E-state index in [0.717, 1.165) is 5.56 Å². The van der Waals surface area contributed by atoms with Gasteiger partial charge in [-0.3, -0.25) is 0 Å². The minimum absolute atomic E-state index is 0.151. The lowest BCUT2D eigenvalue weighted by atomic mass is 10.1. The van der Waals surface area contributed by atoms with Crippen LogP contribution in [-0.2, 0) is 22.9 Å². The first kappa shape index (κ1) is 15.3. The molecule has 0 radical (unpaired) electrons. The monoisotopic (exact) mass is 310 g/mol. The summed E-state index contributed by atoms with van der Waals surface area (Å²) in [6.07, 6.45) is 1.20. The maximum atomic E-state index is 12.5. The highest BCUT2D eigenvalue weighted by Gasteiger charge is 2.22. The lowest BCUT2D eigenvalue weighted by Crippen LogP contribution is -2.16. The maximum absolute atomic E-state index is 12.5. The van der Waals surface area contributed by atoms with Gasteiger partial charge in [0.05, 0.1) is 4.90 Å². The third kappa shape index (κ3) is 3.15. The van der Waals surface area contributed by atoms with E-state index in [1.54, 1.807) is 19.1 Å². The Morgan fingerprint density at radius 3 is 2.48 bits per heavy atom. The molecule has 3 N–H and O–H groups in total. The number of aromatic nitrogens is 2. The SMILES string of the molecule is CCc1cc(N)c(CC)c(S(=O)(=O)Nc2nnc(C)o2)c1. The van der Waals surface area contributed by atoms with Crippen LogP contribution in [0.15, 0.2) is 21.4 Å². The van der Waals surface area contributed by atoms with Gasteiger partial charge >= 0.3 is 6.01 Å².